The lowest BCUT2D eigenvalue weighted by Gasteiger charge is -2.26. The van der Waals surface area contributed by atoms with Crippen LogP contribution in [0.15, 0.2) is 0 Å². The van der Waals surface area contributed by atoms with E-state index < -0.39 is 48.2 Å². The van der Waals surface area contributed by atoms with Gasteiger partial charge in [-0.2, -0.15) is 35.1 Å². The Bertz CT molecular complexity index is 452. The Kier molecular flexibility index (Phi) is 4.99. The molecule has 0 aromatic heterocycles. The molecular weight excluding hydrogens is 338 g/mol. The molecule has 1 atom stereocenters. The van der Waals surface area contributed by atoms with Crippen LogP contribution in [0.3, 0.4) is 0 Å². The van der Waals surface area contributed by atoms with Gasteiger partial charge in [0.2, 0.25) is 11.0 Å². The molecule has 4 nitrogen and oxygen atoms in total. The summed E-state index contributed by atoms with van der Waals surface area (Å²) in [6.07, 6.45) is -6.64. The Morgan fingerprint density at radius 3 is 1.58 bits per heavy atom. The Hall–Kier alpha value is -0.500. The molecule has 0 saturated heterocycles. The van der Waals surface area contributed by atoms with E-state index in [1.165, 1.54) is 0 Å². The molecule has 0 saturated carbocycles. The first-order valence-electron chi connectivity index (χ1n) is 4.06. The Morgan fingerprint density at radius 1 is 1.00 bits per heavy atom. The van der Waals surface area contributed by atoms with E-state index in [0.717, 1.165) is 0 Å². The maximum atomic E-state index is 12.6. The van der Waals surface area contributed by atoms with Gasteiger partial charge in [0.25, 0.3) is 0 Å². The lowest BCUT2D eigenvalue weighted by Crippen LogP contribution is -2.53. The van der Waals surface area contributed by atoms with Crippen molar-refractivity contribution < 1.29 is 47.8 Å². The molecule has 0 aliphatic carbocycles. The summed E-state index contributed by atoms with van der Waals surface area (Å²) in [5, 5.41) is -6.49. The lowest BCUT2D eigenvalue weighted by molar-refractivity contribution is -0.242. The van der Waals surface area contributed by atoms with E-state index in [-0.39, 0.29) is 0 Å². The molecule has 0 heterocycles. The summed E-state index contributed by atoms with van der Waals surface area (Å²) < 4.78 is 128. The van der Waals surface area contributed by atoms with E-state index in [1.807, 2.05) is 0 Å². The summed E-state index contributed by atoms with van der Waals surface area (Å²) >= 11 is 0. The largest absolute Gasteiger partial charge is 0.486 e. The van der Waals surface area contributed by atoms with Gasteiger partial charge in [0.05, 0.1) is 0 Å². The van der Waals surface area contributed by atoms with Crippen LogP contribution < -0.4 is 0 Å². The number of alkyl halides is 8. The second-order valence-electron chi connectivity index (χ2n) is 2.83. The van der Waals surface area contributed by atoms with Crippen molar-refractivity contribution in [2.24, 2.45) is 0 Å². The maximum Gasteiger partial charge on any atom is 0.486 e. The Morgan fingerprint density at radius 2 is 1.37 bits per heavy atom. The van der Waals surface area contributed by atoms with E-state index in [1.54, 1.807) is 0 Å². The summed E-state index contributed by atoms with van der Waals surface area (Å²) in [7, 11) is -11.4. The van der Waals surface area contributed by atoms with Crippen molar-refractivity contribution in [2.45, 2.75) is 23.9 Å². The third kappa shape index (κ3) is 3.34. The van der Waals surface area contributed by atoms with E-state index in [4.69, 9.17) is 0 Å². The van der Waals surface area contributed by atoms with Crippen LogP contribution in [0.5, 0.6) is 0 Å². The third-order valence-corrected chi connectivity index (χ3v) is 5.26. The fourth-order valence-corrected chi connectivity index (χ4v) is 3.37. The molecule has 0 aliphatic heterocycles. The van der Waals surface area contributed by atoms with Crippen LogP contribution in [0, 0.1) is 0 Å². The molecule has 19 heavy (non-hydrogen) atoms. The van der Waals surface area contributed by atoms with Crippen molar-refractivity contribution >= 4 is 21.0 Å². The highest BCUT2D eigenvalue weighted by molar-refractivity contribution is 8.02. The quantitative estimate of drug-likeness (QED) is 0.734. The van der Waals surface area contributed by atoms with Crippen LogP contribution in [0.1, 0.15) is 6.92 Å². The first kappa shape index (κ1) is 18.5. The number of nitrogens with zero attached hydrogens (tertiary/aromatic N) is 1. The third-order valence-electron chi connectivity index (χ3n) is 1.56. The fourth-order valence-electron chi connectivity index (χ4n) is 0.766. The molecule has 0 aromatic rings. The first-order valence-corrected chi connectivity index (χ1v) is 6.61. The molecule has 1 unspecified atom stereocenters. The van der Waals surface area contributed by atoms with E-state index in [9.17, 15) is 47.8 Å². The highest BCUT2D eigenvalue weighted by Crippen LogP contribution is 2.42. The minimum absolute atomic E-state index is 0.521. The van der Waals surface area contributed by atoms with Gasteiger partial charge in [-0.3, -0.25) is 0 Å². The van der Waals surface area contributed by atoms with Crippen LogP contribution in [0.4, 0.5) is 35.1 Å². The minimum Gasteiger partial charge on any atom is -0.232 e. The van der Waals surface area contributed by atoms with Crippen LogP contribution in [-0.4, -0.2) is 39.8 Å². The fraction of sp³-hybridized carbons (Fsp3) is 1.00. The Labute approximate surface area is 104 Å². The molecule has 0 spiro atoms. The first-order chi connectivity index (χ1) is 8.10. The zero-order valence-corrected chi connectivity index (χ0v) is 10.4. The molecular formula is C5H5F8NO3S2. The number of hydrogen-bond acceptors (Lipinski definition) is 3. The summed E-state index contributed by atoms with van der Waals surface area (Å²) in [5.74, 6) is 0. The molecule has 0 fully saturated rings. The minimum atomic E-state index is -6.84. The summed E-state index contributed by atoms with van der Waals surface area (Å²) in [5.41, 5.74) is -5.80. The number of hydrogen-bond donors (Lipinski definition) is 0. The molecule has 0 aromatic carbocycles. The van der Waals surface area contributed by atoms with Crippen molar-refractivity contribution in [3.8, 4) is 0 Å². The smallest absolute Gasteiger partial charge is 0.232 e. The average Bonchev–Trinajstić information content (AvgIpc) is 2.14. The molecule has 0 rings (SSSR count). The second kappa shape index (κ2) is 5.12. The van der Waals surface area contributed by atoms with Gasteiger partial charge in [0.1, 0.15) is 0 Å². The van der Waals surface area contributed by atoms with Gasteiger partial charge in [-0.25, -0.2) is 12.6 Å². The van der Waals surface area contributed by atoms with Crippen molar-refractivity contribution in [3.05, 3.63) is 0 Å². The van der Waals surface area contributed by atoms with E-state index in [2.05, 4.69) is 0 Å². The maximum absolute atomic E-state index is 12.6. The van der Waals surface area contributed by atoms with Crippen LogP contribution in [0.2, 0.25) is 0 Å². The zero-order chi connectivity index (χ0) is 15.9. The van der Waals surface area contributed by atoms with E-state index >= 15 is 0 Å². The molecule has 0 amide bonds. The van der Waals surface area contributed by atoms with Crippen molar-refractivity contribution in [1.29, 1.82) is 0 Å². The van der Waals surface area contributed by atoms with Crippen molar-refractivity contribution in [3.63, 3.8) is 0 Å². The average molecular weight is 343 g/mol. The van der Waals surface area contributed by atoms with E-state index in [0.29, 0.717) is 6.92 Å². The van der Waals surface area contributed by atoms with Crippen molar-refractivity contribution in [2.75, 3.05) is 6.54 Å². The van der Waals surface area contributed by atoms with Gasteiger partial charge in [0.15, 0.2) is 0 Å². The Balaban J connectivity index is 5.84. The molecule has 116 valence electrons. The molecule has 0 bridgehead atoms. The van der Waals surface area contributed by atoms with Crippen LogP contribution in [0.25, 0.3) is 0 Å². The highest BCUT2D eigenvalue weighted by atomic mass is 32.3. The van der Waals surface area contributed by atoms with Gasteiger partial charge in [-0.15, -0.1) is 3.71 Å². The topological polar surface area (TPSA) is 54.5 Å². The summed E-state index contributed by atoms with van der Waals surface area (Å²) in [4.78, 5) is 0. The molecule has 14 heteroatoms. The summed E-state index contributed by atoms with van der Waals surface area (Å²) in [6, 6.07) is 0. The van der Waals surface area contributed by atoms with Crippen molar-refractivity contribution in [1.82, 2.24) is 3.71 Å². The van der Waals surface area contributed by atoms with Crippen LogP contribution >= 0.6 is 0 Å². The standard InChI is InChI=1S/C5H5F8NO3S2/c1-2-14(18(15)5(11,12)13)19(16,17)4(9,10)3(6,7)8/h2H2,1H3. The molecule has 0 radical (unpaired) electrons. The predicted molar refractivity (Wildman–Crippen MR) is 46.5 cm³/mol. The predicted octanol–water partition coefficient (Wildman–Crippen LogP) is 1.98. The van der Waals surface area contributed by atoms with Gasteiger partial charge >= 0.3 is 27.0 Å². The second-order valence-corrected chi connectivity index (χ2v) is 6.37. The number of sulfonamides is 1. The zero-order valence-electron chi connectivity index (χ0n) is 8.72. The van der Waals surface area contributed by atoms with Gasteiger partial charge in [0, 0.05) is 6.54 Å². The van der Waals surface area contributed by atoms with Gasteiger partial charge < -0.3 is 0 Å². The monoisotopic (exact) mass is 343 g/mol. The highest BCUT2D eigenvalue weighted by Gasteiger charge is 2.70. The normalized spacial score (nSPS) is 16.7. The van der Waals surface area contributed by atoms with Crippen LogP contribution in [-0.2, 0) is 21.0 Å². The summed E-state index contributed by atoms with van der Waals surface area (Å²) in [6.45, 7) is -0.965. The van der Waals surface area contributed by atoms with Gasteiger partial charge in [-0.1, -0.05) is 6.92 Å². The van der Waals surface area contributed by atoms with Gasteiger partial charge in [-0.05, 0) is 0 Å². The number of halogens is 8. The number of rotatable bonds is 4. The molecule has 0 N–H and O–H groups in total. The lowest BCUT2D eigenvalue weighted by atomic mass is 10.7. The SMILES string of the molecule is CCN(S(=O)C(F)(F)F)S(=O)(=O)C(F)(F)C(F)(F)F. The molecule has 0 aliphatic rings.